The van der Waals surface area contributed by atoms with E-state index in [-0.39, 0.29) is 5.69 Å². The molecule has 0 aromatic heterocycles. The summed E-state index contributed by atoms with van der Waals surface area (Å²) in [6, 6.07) is 6.22. The number of nitrogens with zero attached hydrogens (tertiary/aromatic N) is 2. The summed E-state index contributed by atoms with van der Waals surface area (Å²) in [5, 5.41) is 10.6. The fraction of sp³-hybridized carbons (Fsp3) is 0.632. The number of ketones is 1. The molecule has 0 bridgehead atoms. The molecule has 0 aliphatic carbocycles. The van der Waals surface area contributed by atoms with E-state index < -0.39 is 4.92 Å². The van der Waals surface area contributed by atoms with Crippen LogP contribution in [-0.4, -0.2) is 41.8 Å². The second kappa shape index (κ2) is 10.8. The maximum atomic E-state index is 11.2. The van der Waals surface area contributed by atoms with Gasteiger partial charge in [-0.1, -0.05) is 25.7 Å². The Morgan fingerprint density at radius 3 is 2.20 bits per heavy atom. The molecular formula is C19H28N2O4. The van der Waals surface area contributed by atoms with E-state index in [0.717, 1.165) is 45.3 Å². The molecule has 1 aliphatic rings. The standard InChI is InChI=1S/C19H28N2O4/c22-18-11-14-20(15-12-18)13-5-3-1-2-4-6-16-25-19-9-7-17(8-10-19)21(23)24/h7-10H,1-6,11-16H2. The molecular weight excluding hydrogens is 320 g/mol. The topological polar surface area (TPSA) is 72.7 Å². The fourth-order valence-corrected chi connectivity index (χ4v) is 3.02. The average molecular weight is 348 g/mol. The first-order valence-electron chi connectivity index (χ1n) is 9.26. The number of non-ortho nitro benzene ring substituents is 1. The van der Waals surface area contributed by atoms with Crippen LogP contribution in [0.5, 0.6) is 5.75 Å². The van der Waals surface area contributed by atoms with E-state index in [2.05, 4.69) is 4.90 Å². The third-order valence-corrected chi connectivity index (χ3v) is 4.60. The van der Waals surface area contributed by atoms with Crippen molar-refractivity contribution in [2.75, 3.05) is 26.2 Å². The summed E-state index contributed by atoms with van der Waals surface area (Å²) in [5.41, 5.74) is 0.0866. The van der Waals surface area contributed by atoms with Crippen LogP contribution in [0.15, 0.2) is 24.3 Å². The molecule has 1 aromatic rings. The molecule has 0 saturated carbocycles. The SMILES string of the molecule is O=C1CCN(CCCCCCCCOc2ccc([N+](=O)[O-])cc2)CC1. The van der Waals surface area contributed by atoms with Gasteiger partial charge in [-0.05, 0) is 31.5 Å². The van der Waals surface area contributed by atoms with Gasteiger partial charge in [0.15, 0.2) is 0 Å². The van der Waals surface area contributed by atoms with Crippen LogP contribution < -0.4 is 4.74 Å². The van der Waals surface area contributed by atoms with E-state index in [1.54, 1.807) is 12.1 Å². The summed E-state index contributed by atoms with van der Waals surface area (Å²) >= 11 is 0. The van der Waals surface area contributed by atoms with Crippen LogP contribution >= 0.6 is 0 Å². The number of likely N-dealkylation sites (tertiary alicyclic amines) is 1. The van der Waals surface area contributed by atoms with Gasteiger partial charge in [-0.3, -0.25) is 14.9 Å². The second-order valence-electron chi connectivity index (χ2n) is 6.60. The number of hydrogen-bond acceptors (Lipinski definition) is 5. The van der Waals surface area contributed by atoms with Gasteiger partial charge in [0.05, 0.1) is 11.5 Å². The molecule has 6 nitrogen and oxygen atoms in total. The van der Waals surface area contributed by atoms with E-state index in [1.807, 2.05) is 0 Å². The van der Waals surface area contributed by atoms with E-state index >= 15 is 0 Å². The zero-order valence-electron chi connectivity index (χ0n) is 14.8. The van der Waals surface area contributed by atoms with Crippen LogP contribution in [0.2, 0.25) is 0 Å². The number of ether oxygens (including phenoxy) is 1. The van der Waals surface area contributed by atoms with Crippen molar-refractivity contribution in [1.29, 1.82) is 0 Å². The van der Waals surface area contributed by atoms with E-state index in [1.165, 1.54) is 37.8 Å². The molecule has 0 radical (unpaired) electrons. The van der Waals surface area contributed by atoms with Gasteiger partial charge in [-0.15, -0.1) is 0 Å². The number of hydrogen-bond donors (Lipinski definition) is 0. The minimum atomic E-state index is -0.408. The third-order valence-electron chi connectivity index (χ3n) is 4.60. The lowest BCUT2D eigenvalue weighted by molar-refractivity contribution is -0.384. The molecule has 25 heavy (non-hydrogen) atoms. The number of carbonyl (C=O) groups excluding carboxylic acids is 1. The van der Waals surface area contributed by atoms with Gasteiger partial charge in [-0.2, -0.15) is 0 Å². The summed E-state index contributed by atoms with van der Waals surface area (Å²) in [6.07, 6.45) is 8.52. The van der Waals surface area contributed by atoms with Crippen molar-refractivity contribution < 1.29 is 14.5 Å². The van der Waals surface area contributed by atoms with Crippen molar-refractivity contribution in [3.8, 4) is 5.75 Å². The van der Waals surface area contributed by atoms with Crippen molar-refractivity contribution in [1.82, 2.24) is 4.90 Å². The summed E-state index contributed by atoms with van der Waals surface area (Å²) < 4.78 is 5.60. The zero-order chi connectivity index (χ0) is 17.9. The molecule has 138 valence electrons. The summed E-state index contributed by atoms with van der Waals surface area (Å²) in [7, 11) is 0. The van der Waals surface area contributed by atoms with E-state index in [4.69, 9.17) is 4.74 Å². The largest absolute Gasteiger partial charge is 0.494 e. The average Bonchev–Trinajstić information content (AvgIpc) is 2.62. The zero-order valence-corrected chi connectivity index (χ0v) is 14.8. The van der Waals surface area contributed by atoms with Gasteiger partial charge >= 0.3 is 0 Å². The monoisotopic (exact) mass is 348 g/mol. The Morgan fingerprint density at radius 2 is 1.56 bits per heavy atom. The molecule has 0 atom stereocenters. The number of piperidine rings is 1. The lowest BCUT2D eigenvalue weighted by atomic mass is 10.1. The summed E-state index contributed by atoms with van der Waals surface area (Å²) in [5.74, 6) is 1.10. The highest BCUT2D eigenvalue weighted by Gasteiger charge is 2.14. The van der Waals surface area contributed by atoms with Crippen molar-refractivity contribution in [2.45, 2.75) is 51.4 Å². The predicted molar refractivity (Wildman–Crippen MR) is 97.0 cm³/mol. The maximum absolute atomic E-state index is 11.2. The van der Waals surface area contributed by atoms with Gasteiger partial charge in [0, 0.05) is 38.1 Å². The number of benzene rings is 1. The highest BCUT2D eigenvalue weighted by molar-refractivity contribution is 5.79. The minimum absolute atomic E-state index is 0.0866. The number of carbonyl (C=O) groups is 1. The van der Waals surface area contributed by atoms with Crippen molar-refractivity contribution in [3.63, 3.8) is 0 Å². The minimum Gasteiger partial charge on any atom is -0.494 e. The predicted octanol–water partition coefficient (Wildman–Crippen LogP) is 3.98. The third kappa shape index (κ3) is 7.65. The van der Waals surface area contributed by atoms with Crippen molar-refractivity contribution >= 4 is 11.5 Å². The number of nitro groups is 1. The lowest BCUT2D eigenvalue weighted by Gasteiger charge is -2.25. The molecule has 0 amide bonds. The normalized spacial score (nSPS) is 15.3. The molecule has 6 heteroatoms. The molecule has 1 heterocycles. The van der Waals surface area contributed by atoms with Crippen LogP contribution in [-0.2, 0) is 4.79 Å². The first kappa shape index (κ1) is 19.4. The lowest BCUT2D eigenvalue weighted by Crippen LogP contribution is -2.34. The Balaban J connectivity index is 1.42. The van der Waals surface area contributed by atoms with Gasteiger partial charge in [-0.25, -0.2) is 0 Å². The van der Waals surface area contributed by atoms with Gasteiger partial charge < -0.3 is 9.64 Å². The second-order valence-corrected chi connectivity index (χ2v) is 6.60. The van der Waals surface area contributed by atoms with Crippen LogP contribution in [0, 0.1) is 10.1 Å². The highest BCUT2D eigenvalue weighted by atomic mass is 16.6. The first-order valence-corrected chi connectivity index (χ1v) is 9.26. The van der Waals surface area contributed by atoms with Crippen molar-refractivity contribution in [3.05, 3.63) is 34.4 Å². The van der Waals surface area contributed by atoms with Gasteiger partial charge in [0.1, 0.15) is 11.5 Å². The number of Topliss-reactive ketones (excluding diaryl/α,β-unsaturated/α-hetero) is 1. The molecule has 1 fully saturated rings. The van der Waals surface area contributed by atoms with Crippen molar-refractivity contribution in [2.24, 2.45) is 0 Å². The molecule has 1 aromatic carbocycles. The molecule has 1 saturated heterocycles. The smallest absolute Gasteiger partial charge is 0.269 e. The van der Waals surface area contributed by atoms with Crippen LogP contribution in [0.1, 0.15) is 51.4 Å². The fourth-order valence-electron chi connectivity index (χ4n) is 3.02. The van der Waals surface area contributed by atoms with Gasteiger partial charge in [0.2, 0.25) is 0 Å². The maximum Gasteiger partial charge on any atom is 0.269 e. The van der Waals surface area contributed by atoms with Crippen LogP contribution in [0.25, 0.3) is 0 Å². The molecule has 0 N–H and O–H groups in total. The van der Waals surface area contributed by atoms with E-state index in [0.29, 0.717) is 18.1 Å². The Kier molecular flexibility index (Phi) is 8.39. The Labute approximate surface area is 149 Å². The number of rotatable bonds is 11. The molecule has 2 rings (SSSR count). The molecule has 0 spiro atoms. The Hall–Kier alpha value is -1.95. The number of nitro benzene ring substituents is 1. The van der Waals surface area contributed by atoms with Crippen LogP contribution in [0.4, 0.5) is 5.69 Å². The molecule has 0 unspecified atom stereocenters. The van der Waals surface area contributed by atoms with Crippen LogP contribution in [0.3, 0.4) is 0 Å². The summed E-state index contributed by atoms with van der Waals surface area (Å²) in [6.45, 7) is 3.66. The molecule has 1 aliphatic heterocycles. The Bertz CT molecular complexity index is 535. The van der Waals surface area contributed by atoms with E-state index in [9.17, 15) is 14.9 Å². The quantitative estimate of drug-likeness (QED) is 0.343. The Morgan fingerprint density at radius 1 is 0.960 bits per heavy atom. The van der Waals surface area contributed by atoms with Gasteiger partial charge in [0.25, 0.3) is 5.69 Å². The number of unbranched alkanes of at least 4 members (excludes halogenated alkanes) is 5. The first-order chi connectivity index (χ1) is 12.1. The highest BCUT2D eigenvalue weighted by Crippen LogP contribution is 2.17. The summed E-state index contributed by atoms with van der Waals surface area (Å²) in [4.78, 5) is 23.7.